The lowest BCUT2D eigenvalue weighted by Gasteiger charge is -2.16. The highest BCUT2D eigenvalue weighted by molar-refractivity contribution is 8.00. The zero-order chi connectivity index (χ0) is 18.6. The average Bonchev–Trinajstić information content (AvgIpc) is 3.07. The predicted octanol–water partition coefficient (Wildman–Crippen LogP) is 4.32. The van der Waals surface area contributed by atoms with Gasteiger partial charge in [0.15, 0.2) is 0 Å². The van der Waals surface area contributed by atoms with Crippen LogP contribution in [0.25, 0.3) is 10.6 Å². The van der Waals surface area contributed by atoms with Crippen molar-refractivity contribution < 1.29 is 18.0 Å². The molecule has 1 unspecified atom stereocenters. The maximum Gasteiger partial charge on any atom is 0.417 e. The minimum absolute atomic E-state index is 0.0977. The van der Waals surface area contributed by atoms with Gasteiger partial charge in [-0.15, -0.1) is 11.3 Å². The van der Waals surface area contributed by atoms with E-state index in [1.165, 1.54) is 11.3 Å². The largest absolute Gasteiger partial charge is 0.417 e. The summed E-state index contributed by atoms with van der Waals surface area (Å²) in [6, 6.07) is 5.83. The number of carbonyl (C=O) groups is 1. The van der Waals surface area contributed by atoms with Gasteiger partial charge in [-0.25, -0.2) is 4.98 Å². The van der Waals surface area contributed by atoms with Crippen LogP contribution in [-0.4, -0.2) is 22.7 Å². The first-order valence-electron chi connectivity index (χ1n) is 7.28. The number of nitriles is 1. The summed E-state index contributed by atoms with van der Waals surface area (Å²) < 4.78 is 40.2. The first-order valence-corrected chi connectivity index (χ1v) is 9.04. The number of hydrogen-bond acceptors (Lipinski definition) is 5. The standard InChI is InChI=1S/C16H14F3N3OS2/c1-3-21-14(23)9(2)25-15-10(8-20)11(16(17,18)19)7-12(22-15)13-5-4-6-24-13/h4-7,9H,3H2,1-2H3,(H,21,23). The molecule has 1 N–H and O–H groups in total. The molecule has 0 saturated carbocycles. The lowest BCUT2D eigenvalue weighted by Crippen LogP contribution is -2.30. The van der Waals surface area contributed by atoms with Crippen molar-refractivity contribution in [2.45, 2.75) is 30.3 Å². The summed E-state index contributed by atoms with van der Waals surface area (Å²) in [5.74, 6) is -0.326. The zero-order valence-corrected chi connectivity index (χ0v) is 15.0. The fraction of sp³-hybridized carbons (Fsp3) is 0.312. The molecule has 0 bridgehead atoms. The lowest BCUT2D eigenvalue weighted by atomic mass is 10.1. The third-order valence-corrected chi connectivity index (χ3v) is 5.16. The van der Waals surface area contributed by atoms with E-state index < -0.39 is 22.6 Å². The van der Waals surface area contributed by atoms with Gasteiger partial charge >= 0.3 is 6.18 Å². The summed E-state index contributed by atoms with van der Waals surface area (Å²) in [6.07, 6.45) is -4.69. The van der Waals surface area contributed by atoms with E-state index in [4.69, 9.17) is 0 Å². The number of pyridine rings is 1. The van der Waals surface area contributed by atoms with Gasteiger partial charge in [-0.3, -0.25) is 4.79 Å². The van der Waals surface area contributed by atoms with Crippen LogP contribution in [0.1, 0.15) is 25.0 Å². The molecule has 9 heteroatoms. The Morgan fingerprint density at radius 3 is 2.76 bits per heavy atom. The summed E-state index contributed by atoms with van der Waals surface area (Å²) in [5.41, 5.74) is -1.47. The van der Waals surface area contributed by atoms with E-state index >= 15 is 0 Å². The zero-order valence-electron chi connectivity index (χ0n) is 13.3. The van der Waals surface area contributed by atoms with Crippen molar-refractivity contribution >= 4 is 29.0 Å². The van der Waals surface area contributed by atoms with Crippen LogP contribution in [0, 0.1) is 11.3 Å². The van der Waals surface area contributed by atoms with Crippen LogP contribution in [0.3, 0.4) is 0 Å². The van der Waals surface area contributed by atoms with Gasteiger partial charge < -0.3 is 5.32 Å². The first kappa shape index (κ1) is 19.3. The number of aromatic nitrogens is 1. The molecule has 2 heterocycles. The van der Waals surface area contributed by atoms with Crippen LogP contribution >= 0.6 is 23.1 Å². The van der Waals surface area contributed by atoms with Crippen LogP contribution in [-0.2, 0) is 11.0 Å². The molecule has 0 radical (unpaired) electrons. The molecule has 4 nitrogen and oxygen atoms in total. The molecule has 0 saturated heterocycles. The van der Waals surface area contributed by atoms with Crippen LogP contribution < -0.4 is 5.32 Å². The van der Waals surface area contributed by atoms with Crippen molar-refractivity contribution in [3.05, 3.63) is 34.7 Å². The third kappa shape index (κ3) is 4.52. The SMILES string of the molecule is CCNC(=O)C(C)Sc1nc(-c2cccs2)cc(C(F)(F)F)c1C#N. The Labute approximate surface area is 151 Å². The van der Waals surface area contributed by atoms with Crippen molar-refractivity contribution in [3.63, 3.8) is 0 Å². The predicted molar refractivity (Wildman–Crippen MR) is 91.3 cm³/mol. The maximum absolute atomic E-state index is 13.4. The molecule has 0 aromatic carbocycles. The van der Waals surface area contributed by atoms with Crippen molar-refractivity contribution in [2.75, 3.05) is 6.54 Å². The Morgan fingerprint density at radius 2 is 2.24 bits per heavy atom. The smallest absolute Gasteiger partial charge is 0.355 e. The number of thioether (sulfide) groups is 1. The fourth-order valence-electron chi connectivity index (χ4n) is 2.03. The van der Waals surface area contributed by atoms with Gasteiger partial charge in [0.1, 0.15) is 11.1 Å². The lowest BCUT2D eigenvalue weighted by molar-refractivity contribution is -0.138. The summed E-state index contributed by atoms with van der Waals surface area (Å²) in [5, 5.41) is 12.8. The van der Waals surface area contributed by atoms with Gasteiger partial charge in [0.2, 0.25) is 5.91 Å². The first-order chi connectivity index (χ1) is 11.8. The molecule has 2 rings (SSSR count). The van der Waals surface area contributed by atoms with Gasteiger partial charge in [-0.1, -0.05) is 17.8 Å². The average molecular weight is 385 g/mol. The number of nitrogens with zero attached hydrogens (tertiary/aromatic N) is 2. The number of carbonyl (C=O) groups excluding carboxylic acids is 1. The maximum atomic E-state index is 13.4. The molecule has 1 atom stereocenters. The molecule has 1 amide bonds. The highest BCUT2D eigenvalue weighted by Crippen LogP contribution is 2.39. The number of hydrogen-bond donors (Lipinski definition) is 1. The molecule has 0 aliphatic rings. The van der Waals surface area contributed by atoms with Crippen molar-refractivity contribution in [1.82, 2.24) is 10.3 Å². The van der Waals surface area contributed by atoms with Crippen molar-refractivity contribution in [3.8, 4) is 16.6 Å². The van der Waals surface area contributed by atoms with Crippen molar-refractivity contribution in [1.29, 1.82) is 5.26 Å². The van der Waals surface area contributed by atoms with Crippen molar-refractivity contribution in [2.24, 2.45) is 0 Å². The molecular weight excluding hydrogens is 371 g/mol. The molecule has 0 aliphatic heterocycles. The van der Waals surface area contributed by atoms with Gasteiger partial charge in [0.25, 0.3) is 0 Å². The van der Waals surface area contributed by atoms with Crippen LogP contribution in [0.5, 0.6) is 0 Å². The van der Waals surface area contributed by atoms with E-state index in [2.05, 4.69) is 10.3 Å². The minimum Gasteiger partial charge on any atom is -0.355 e. The topological polar surface area (TPSA) is 65.8 Å². The minimum atomic E-state index is -4.69. The Hall–Kier alpha value is -2.05. The Bertz CT molecular complexity index is 798. The number of amides is 1. The van der Waals surface area contributed by atoms with Gasteiger partial charge in [0, 0.05) is 6.54 Å². The van der Waals surface area contributed by atoms with Crippen LogP contribution in [0.4, 0.5) is 13.2 Å². The number of alkyl halides is 3. The Kier molecular flexibility index (Phi) is 6.08. The normalized spacial score (nSPS) is 12.5. The van der Waals surface area contributed by atoms with Crippen LogP contribution in [0.2, 0.25) is 0 Å². The molecule has 25 heavy (non-hydrogen) atoms. The van der Waals surface area contributed by atoms with E-state index in [1.54, 1.807) is 37.4 Å². The third-order valence-electron chi connectivity index (χ3n) is 3.19. The van der Waals surface area contributed by atoms with Crippen LogP contribution in [0.15, 0.2) is 28.6 Å². The number of thiophene rings is 1. The van der Waals surface area contributed by atoms with E-state index in [1.807, 2.05) is 0 Å². The van der Waals surface area contributed by atoms with Gasteiger partial charge in [-0.05, 0) is 31.4 Å². The second-order valence-corrected chi connectivity index (χ2v) is 7.25. The second kappa shape index (κ2) is 7.89. The van der Waals surface area contributed by atoms with Gasteiger partial charge in [0.05, 0.1) is 26.9 Å². The highest BCUT2D eigenvalue weighted by atomic mass is 32.2. The van der Waals surface area contributed by atoms with E-state index in [9.17, 15) is 23.2 Å². The quantitative estimate of drug-likeness (QED) is 0.779. The Morgan fingerprint density at radius 1 is 1.52 bits per heavy atom. The summed E-state index contributed by atoms with van der Waals surface area (Å²) in [7, 11) is 0. The molecule has 0 spiro atoms. The molecule has 2 aromatic rings. The Balaban J connectivity index is 2.55. The molecule has 0 aliphatic carbocycles. The highest BCUT2D eigenvalue weighted by Gasteiger charge is 2.36. The summed E-state index contributed by atoms with van der Waals surface area (Å²) >= 11 is 2.09. The fourth-order valence-corrected chi connectivity index (χ4v) is 3.66. The summed E-state index contributed by atoms with van der Waals surface area (Å²) in [6.45, 7) is 3.71. The summed E-state index contributed by atoms with van der Waals surface area (Å²) in [4.78, 5) is 16.7. The number of nitrogens with one attached hydrogen (secondary N) is 1. The monoisotopic (exact) mass is 385 g/mol. The molecular formula is C16H14F3N3OS2. The second-order valence-electron chi connectivity index (χ2n) is 4.98. The molecule has 132 valence electrons. The number of rotatable bonds is 5. The van der Waals surface area contributed by atoms with E-state index in [-0.39, 0.29) is 16.6 Å². The van der Waals surface area contributed by atoms with E-state index in [0.29, 0.717) is 11.4 Å². The molecule has 2 aromatic heterocycles. The van der Waals surface area contributed by atoms with Gasteiger partial charge in [-0.2, -0.15) is 18.4 Å². The number of halogens is 3. The van der Waals surface area contributed by atoms with E-state index in [0.717, 1.165) is 17.8 Å². The molecule has 0 fully saturated rings.